The highest BCUT2D eigenvalue weighted by Gasteiger charge is 1.97. The first-order valence-corrected chi connectivity index (χ1v) is 3.93. The third kappa shape index (κ3) is 1.34. The summed E-state index contributed by atoms with van der Waals surface area (Å²) in [7, 11) is 0. The van der Waals surface area contributed by atoms with Crippen molar-refractivity contribution in [3.05, 3.63) is 35.7 Å². The smallest absolute Gasteiger partial charge is 0.159 e. The van der Waals surface area contributed by atoms with E-state index in [9.17, 15) is 0 Å². The van der Waals surface area contributed by atoms with E-state index >= 15 is 0 Å². The highest BCUT2D eigenvalue weighted by atomic mass is 14.8. The first kappa shape index (κ1) is 7.69. The maximum Gasteiger partial charge on any atom is 0.159 e. The molecule has 0 N–H and O–H groups in total. The minimum absolute atomic E-state index is 0.358. The molecule has 0 radical (unpaired) electrons. The molecule has 0 saturated carbocycles. The number of aryl methyl sites for hydroxylation is 1. The van der Waals surface area contributed by atoms with Crippen LogP contribution in [0, 0.1) is 18.3 Å². The molecule has 0 atom stereocenters. The lowest BCUT2D eigenvalue weighted by molar-refractivity contribution is 1.24. The van der Waals surface area contributed by atoms with Gasteiger partial charge in [0.15, 0.2) is 5.69 Å². The van der Waals surface area contributed by atoms with E-state index in [1.54, 1.807) is 0 Å². The van der Waals surface area contributed by atoms with Gasteiger partial charge in [0, 0.05) is 0 Å². The normalized spacial score (nSPS) is 9.85. The lowest BCUT2D eigenvalue weighted by Gasteiger charge is -1.97. The number of hydrogen-bond donors (Lipinski definition) is 0. The van der Waals surface area contributed by atoms with Crippen molar-refractivity contribution in [1.29, 1.82) is 5.26 Å². The molecule has 2 aromatic rings. The molecule has 2 rings (SSSR count). The van der Waals surface area contributed by atoms with Crippen LogP contribution in [0.25, 0.3) is 11.0 Å². The van der Waals surface area contributed by atoms with Gasteiger partial charge < -0.3 is 0 Å². The van der Waals surface area contributed by atoms with Crippen LogP contribution in [-0.2, 0) is 0 Å². The molecule has 0 spiro atoms. The Balaban J connectivity index is 2.75. The van der Waals surface area contributed by atoms with Crippen LogP contribution in [0.1, 0.15) is 11.3 Å². The maximum absolute atomic E-state index is 8.60. The Morgan fingerprint density at radius 1 is 1.31 bits per heavy atom. The van der Waals surface area contributed by atoms with Crippen molar-refractivity contribution >= 4 is 11.0 Å². The van der Waals surface area contributed by atoms with Crippen molar-refractivity contribution in [3.63, 3.8) is 0 Å². The fourth-order valence-corrected chi connectivity index (χ4v) is 1.17. The first-order chi connectivity index (χ1) is 6.29. The zero-order valence-electron chi connectivity index (χ0n) is 7.15. The molecule has 3 nitrogen and oxygen atoms in total. The molecule has 1 aromatic carbocycles. The first-order valence-electron chi connectivity index (χ1n) is 3.93. The highest BCUT2D eigenvalue weighted by Crippen LogP contribution is 2.10. The largest absolute Gasteiger partial charge is 0.252 e. The van der Waals surface area contributed by atoms with Crippen molar-refractivity contribution in [2.45, 2.75) is 6.92 Å². The van der Waals surface area contributed by atoms with Crippen molar-refractivity contribution in [2.75, 3.05) is 0 Å². The van der Waals surface area contributed by atoms with E-state index in [2.05, 4.69) is 9.97 Å². The summed E-state index contributed by atoms with van der Waals surface area (Å²) in [6.07, 6.45) is 1.49. The van der Waals surface area contributed by atoms with Gasteiger partial charge in [-0.15, -0.1) is 0 Å². The lowest BCUT2D eigenvalue weighted by Crippen LogP contribution is -1.88. The second-order valence-electron chi connectivity index (χ2n) is 2.86. The van der Waals surface area contributed by atoms with Gasteiger partial charge in [-0.1, -0.05) is 6.07 Å². The maximum atomic E-state index is 8.60. The summed E-state index contributed by atoms with van der Waals surface area (Å²) in [5.41, 5.74) is 3.10. The molecule has 1 aromatic heterocycles. The van der Waals surface area contributed by atoms with E-state index < -0.39 is 0 Å². The molecular weight excluding hydrogens is 162 g/mol. The zero-order chi connectivity index (χ0) is 9.26. The SMILES string of the molecule is Cc1ccc2nc(C#N)cnc2c1. The predicted molar refractivity (Wildman–Crippen MR) is 49.0 cm³/mol. The third-order valence-corrected chi connectivity index (χ3v) is 1.81. The molecule has 0 bridgehead atoms. The molecule has 0 aliphatic carbocycles. The molecule has 0 fully saturated rings. The molecule has 0 aliphatic rings. The zero-order valence-corrected chi connectivity index (χ0v) is 7.15. The summed E-state index contributed by atoms with van der Waals surface area (Å²) in [6.45, 7) is 2.00. The van der Waals surface area contributed by atoms with Crippen LogP contribution in [0.4, 0.5) is 0 Å². The van der Waals surface area contributed by atoms with Crippen molar-refractivity contribution in [2.24, 2.45) is 0 Å². The number of nitrogens with zero attached hydrogens (tertiary/aromatic N) is 3. The Morgan fingerprint density at radius 2 is 2.15 bits per heavy atom. The number of benzene rings is 1. The van der Waals surface area contributed by atoms with Gasteiger partial charge in [0.1, 0.15) is 6.07 Å². The number of hydrogen-bond acceptors (Lipinski definition) is 3. The van der Waals surface area contributed by atoms with Gasteiger partial charge >= 0.3 is 0 Å². The predicted octanol–water partition coefficient (Wildman–Crippen LogP) is 1.81. The van der Waals surface area contributed by atoms with Gasteiger partial charge in [-0.3, -0.25) is 4.98 Å². The summed E-state index contributed by atoms with van der Waals surface area (Å²) in [5.74, 6) is 0. The van der Waals surface area contributed by atoms with E-state index in [1.165, 1.54) is 6.20 Å². The second-order valence-corrected chi connectivity index (χ2v) is 2.86. The van der Waals surface area contributed by atoms with Crippen molar-refractivity contribution in [1.82, 2.24) is 9.97 Å². The van der Waals surface area contributed by atoms with Crippen LogP contribution in [0.15, 0.2) is 24.4 Å². The van der Waals surface area contributed by atoms with Gasteiger partial charge in [0.05, 0.1) is 17.2 Å². The topological polar surface area (TPSA) is 49.6 Å². The van der Waals surface area contributed by atoms with E-state index in [0.717, 1.165) is 16.6 Å². The third-order valence-electron chi connectivity index (χ3n) is 1.81. The molecule has 13 heavy (non-hydrogen) atoms. The minimum Gasteiger partial charge on any atom is -0.252 e. The van der Waals surface area contributed by atoms with Gasteiger partial charge in [-0.25, -0.2) is 4.98 Å². The Kier molecular flexibility index (Phi) is 1.67. The number of fused-ring (bicyclic) bond motifs is 1. The average Bonchev–Trinajstić information content (AvgIpc) is 2.17. The van der Waals surface area contributed by atoms with E-state index in [1.807, 2.05) is 31.2 Å². The summed E-state index contributed by atoms with van der Waals surface area (Å²) in [4.78, 5) is 8.24. The number of nitriles is 1. The Bertz CT molecular complexity index is 497. The lowest BCUT2D eigenvalue weighted by atomic mass is 10.2. The van der Waals surface area contributed by atoms with E-state index in [-0.39, 0.29) is 0 Å². The Morgan fingerprint density at radius 3 is 2.92 bits per heavy atom. The molecule has 0 saturated heterocycles. The second kappa shape index (κ2) is 2.83. The number of aromatic nitrogens is 2. The fraction of sp³-hybridized carbons (Fsp3) is 0.100. The van der Waals surface area contributed by atoms with Crippen LogP contribution < -0.4 is 0 Å². The molecular formula is C10H7N3. The van der Waals surface area contributed by atoms with E-state index in [4.69, 9.17) is 5.26 Å². The molecule has 0 aliphatic heterocycles. The van der Waals surface area contributed by atoms with Crippen LogP contribution in [0.2, 0.25) is 0 Å². The van der Waals surface area contributed by atoms with Gasteiger partial charge in [0.25, 0.3) is 0 Å². The van der Waals surface area contributed by atoms with E-state index in [0.29, 0.717) is 5.69 Å². The van der Waals surface area contributed by atoms with Crippen molar-refractivity contribution in [3.8, 4) is 6.07 Å². The average molecular weight is 169 g/mol. The summed E-state index contributed by atoms with van der Waals surface area (Å²) in [5, 5.41) is 8.60. The van der Waals surface area contributed by atoms with Crippen LogP contribution in [-0.4, -0.2) is 9.97 Å². The highest BCUT2D eigenvalue weighted by molar-refractivity contribution is 5.75. The quantitative estimate of drug-likeness (QED) is 0.604. The number of rotatable bonds is 0. The van der Waals surface area contributed by atoms with Gasteiger partial charge in [-0.05, 0) is 24.6 Å². The van der Waals surface area contributed by atoms with Crippen LogP contribution >= 0.6 is 0 Å². The Labute approximate surface area is 75.7 Å². The summed E-state index contributed by atoms with van der Waals surface area (Å²) < 4.78 is 0. The molecule has 0 amide bonds. The van der Waals surface area contributed by atoms with Crippen LogP contribution in [0.5, 0.6) is 0 Å². The summed E-state index contributed by atoms with van der Waals surface area (Å²) in [6, 6.07) is 7.74. The van der Waals surface area contributed by atoms with Gasteiger partial charge in [-0.2, -0.15) is 5.26 Å². The molecule has 0 unspecified atom stereocenters. The van der Waals surface area contributed by atoms with Gasteiger partial charge in [0.2, 0.25) is 0 Å². The van der Waals surface area contributed by atoms with Crippen LogP contribution in [0.3, 0.4) is 0 Å². The fourth-order valence-electron chi connectivity index (χ4n) is 1.17. The standard InChI is InChI=1S/C10H7N3/c1-7-2-3-9-10(4-7)12-6-8(5-11)13-9/h2-4,6H,1H3. The Hall–Kier alpha value is -1.95. The molecule has 3 heteroatoms. The summed E-state index contributed by atoms with van der Waals surface area (Å²) >= 11 is 0. The monoisotopic (exact) mass is 169 g/mol. The molecule has 1 heterocycles. The minimum atomic E-state index is 0.358. The molecule has 62 valence electrons. The van der Waals surface area contributed by atoms with Crippen molar-refractivity contribution < 1.29 is 0 Å².